The first-order chi connectivity index (χ1) is 12.7. The molecule has 1 aromatic carbocycles. The van der Waals surface area contributed by atoms with E-state index in [0.717, 1.165) is 25.9 Å². The molecule has 1 aromatic rings. The number of methoxy groups -OCH3 is 2. The van der Waals surface area contributed by atoms with Crippen LogP contribution in [0.25, 0.3) is 0 Å². The predicted octanol–water partition coefficient (Wildman–Crippen LogP) is 0.852. The molecule has 3 N–H and O–H groups in total. The Kier molecular flexibility index (Phi) is 7.07. The summed E-state index contributed by atoms with van der Waals surface area (Å²) in [7, 11) is 3.15. The summed E-state index contributed by atoms with van der Waals surface area (Å²) >= 11 is 0. The number of benzene rings is 1. The zero-order valence-corrected chi connectivity index (χ0v) is 17.0. The van der Waals surface area contributed by atoms with Crippen molar-refractivity contribution in [1.82, 2.24) is 5.32 Å². The summed E-state index contributed by atoms with van der Waals surface area (Å²) in [5.41, 5.74) is 0.261. The fourth-order valence-corrected chi connectivity index (χ4v) is 3.07. The van der Waals surface area contributed by atoms with Crippen molar-refractivity contribution in [3.8, 4) is 11.5 Å². The van der Waals surface area contributed by atoms with Gasteiger partial charge in [-0.3, -0.25) is 9.59 Å². The Labute approximate surface area is 161 Å². The molecule has 0 bridgehead atoms. The molecule has 0 spiro atoms. The molecule has 7 heteroatoms. The molecule has 27 heavy (non-hydrogen) atoms. The second-order valence-electron chi connectivity index (χ2n) is 8.04. The van der Waals surface area contributed by atoms with Crippen molar-refractivity contribution in [1.29, 1.82) is 0 Å². The highest BCUT2D eigenvalue weighted by molar-refractivity contribution is 5.93. The van der Waals surface area contributed by atoms with E-state index in [1.807, 2.05) is 20.8 Å². The molecule has 2 rings (SSSR count). The van der Waals surface area contributed by atoms with Crippen molar-refractivity contribution in [3.63, 3.8) is 0 Å². The molecule has 1 aliphatic rings. The van der Waals surface area contributed by atoms with E-state index in [9.17, 15) is 9.59 Å². The second kappa shape index (κ2) is 9.08. The van der Waals surface area contributed by atoms with Gasteiger partial charge in [0.2, 0.25) is 5.91 Å². The Morgan fingerprint density at radius 3 is 2.37 bits per heavy atom. The van der Waals surface area contributed by atoms with Crippen LogP contribution in [0.5, 0.6) is 11.5 Å². The lowest BCUT2D eigenvalue weighted by atomic mass is 9.94. The second-order valence-corrected chi connectivity index (χ2v) is 8.04. The molecule has 0 aromatic heterocycles. The Balaban J connectivity index is 1.82. The summed E-state index contributed by atoms with van der Waals surface area (Å²) in [5, 5.41) is 6.03. The average molecular weight is 378 g/mol. The van der Waals surface area contributed by atoms with Crippen LogP contribution in [0.3, 0.4) is 0 Å². The van der Waals surface area contributed by atoms with Crippen molar-refractivity contribution in [2.45, 2.75) is 39.7 Å². The van der Waals surface area contributed by atoms with Crippen LogP contribution in [0.4, 0.5) is 5.69 Å². The molecule has 2 amide bonds. The van der Waals surface area contributed by atoms with E-state index in [2.05, 4.69) is 10.6 Å². The van der Waals surface area contributed by atoms with Gasteiger partial charge in [0.25, 0.3) is 5.91 Å². The van der Waals surface area contributed by atoms with Crippen molar-refractivity contribution in [3.05, 3.63) is 18.2 Å². The molecule has 1 saturated heterocycles. The largest absolute Gasteiger partial charge is 0.497 e. The van der Waals surface area contributed by atoms with Crippen molar-refractivity contribution < 1.29 is 24.0 Å². The maximum Gasteiger partial charge on any atom is 0.279 e. The molecule has 1 aliphatic heterocycles. The zero-order chi connectivity index (χ0) is 20.0. The van der Waals surface area contributed by atoms with Crippen molar-refractivity contribution in [2.75, 3.05) is 39.2 Å². The Bertz CT molecular complexity index is 662. The van der Waals surface area contributed by atoms with Crippen LogP contribution >= 0.6 is 0 Å². The molecule has 0 atom stereocenters. The van der Waals surface area contributed by atoms with E-state index in [4.69, 9.17) is 9.47 Å². The highest BCUT2D eigenvalue weighted by Gasteiger charge is 2.28. The van der Waals surface area contributed by atoms with E-state index in [1.165, 1.54) is 4.90 Å². The van der Waals surface area contributed by atoms with Gasteiger partial charge in [0.15, 0.2) is 6.54 Å². The van der Waals surface area contributed by atoms with Gasteiger partial charge >= 0.3 is 0 Å². The third-order valence-electron chi connectivity index (χ3n) is 4.80. The summed E-state index contributed by atoms with van der Waals surface area (Å²) in [5.74, 6) is 1.28. The molecular weight excluding hydrogens is 346 g/mol. The SMILES string of the molecule is COc1ccc(NC(=O)C[NH+]2CCC(NC(=O)C(C)(C)C)CC2)c(OC)c1. The number of nitrogens with one attached hydrogen (secondary N) is 3. The van der Waals surface area contributed by atoms with Crippen molar-refractivity contribution >= 4 is 17.5 Å². The van der Waals surface area contributed by atoms with Gasteiger partial charge in [-0.1, -0.05) is 20.8 Å². The van der Waals surface area contributed by atoms with E-state index >= 15 is 0 Å². The van der Waals surface area contributed by atoms with Crippen LogP contribution in [0.1, 0.15) is 33.6 Å². The van der Waals surface area contributed by atoms with Gasteiger partial charge in [-0.2, -0.15) is 0 Å². The number of amides is 2. The maximum atomic E-state index is 12.4. The van der Waals surface area contributed by atoms with Gasteiger partial charge in [0.1, 0.15) is 11.5 Å². The Morgan fingerprint density at radius 2 is 1.81 bits per heavy atom. The van der Waals surface area contributed by atoms with Crippen LogP contribution in [0.15, 0.2) is 18.2 Å². The molecule has 1 heterocycles. The smallest absolute Gasteiger partial charge is 0.279 e. The number of hydrogen-bond donors (Lipinski definition) is 3. The first kappa shape index (κ1) is 21.0. The van der Waals surface area contributed by atoms with Crippen LogP contribution in [0, 0.1) is 5.41 Å². The number of carbonyl (C=O) groups is 2. The third kappa shape index (κ3) is 6.13. The summed E-state index contributed by atoms with van der Waals surface area (Å²) in [4.78, 5) is 25.7. The number of anilines is 1. The molecule has 1 fully saturated rings. The molecule has 7 nitrogen and oxygen atoms in total. The zero-order valence-electron chi connectivity index (χ0n) is 17.0. The highest BCUT2D eigenvalue weighted by atomic mass is 16.5. The fourth-order valence-electron chi connectivity index (χ4n) is 3.07. The van der Waals surface area contributed by atoms with Gasteiger partial charge in [0.05, 0.1) is 33.0 Å². The monoisotopic (exact) mass is 378 g/mol. The summed E-state index contributed by atoms with van der Waals surface area (Å²) in [6.45, 7) is 7.88. The highest BCUT2D eigenvalue weighted by Crippen LogP contribution is 2.28. The lowest BCUT2D eigenvalue weighted by Gasteiger charge is -2.31. The molecule has 0 radical (unpaired) electrons. The number of quaternary nitrogens is 1. The minimum Gasteiger partial charge on any atom is -0.497 e. The number of carbonyl (C=O) groups excluding carboxylic acids is 2. The normalized spacial score (nSPS) is 19.9. The lowest BCUT2D eigenvalue weighted by molar-refractivity contribution is -0.897. The molecule has 0 unspecified atom stereocenters. The number of hydrogen-bond acceptors (Lipinski definition) is 4. The van der Waals surface area contributed by atoms with Gasteiger partial charge in [-0.05, 0) is 12.1 Å². The van der Waals surface area contributed by atoms with Crippen LogP contribution in [-0.4, -0.2) is 51.7 Å². The average Bonchev–Trinajstić information content (AvgIpc) is 2.62. The standard InChI is InChI=1S/C20H31N3O4/c1-20(2,3)19(25)21-14-8-10-23(11-9-14)13-18(24)22-16-7-6-15(26-4)12-17(16)27-5/h6-7,12,14H,8-11,13H2,1-5H3,(H,21,25)(H,22,24)/p+1. The summed E-state index contributed by atoms with van der Waals surface area (Å²) in [6.07, 6.45) is 1.77. The van der Waals surface area contributed by atoms with E-state index in [0.29, 0.717) is 23.7 Å². The first-order valence-electron chi connectivity index (χ1n) is 9.39. The first-order valence-corrected chi connectivity index (χ1v) is 9.39. The van der Waals surface area contributed by atoms with Gasteiger partial charge in [-0.25, -0.2) is 0 Å². The Hall–Kier alpha value is -2.28. The minimum absolute atomic E-state index is 0.0503. The van der Waals surface area contributed by atoms with E-state index in [-0.39, 0.29) is 23.3 Å². The molecule has 150 valence electrons. The molecular formula is C20H32N3O4+. The number of piperidine rings is 1. The predicted molar refractivity (Wildman–Crippen MR) is 104 cm³/mol. The number of rotatable bonds is 6. The van der Waals surface area contributed by atoms with Crippen molar-refractivity contribution in [2.24, 2.45) is 5.41 Å². The topological polar surface area (TPSA) is 81.1 Å². The maximum absolute atomic E-state index is 12.4. The fraction of sp³-hybridized carbons (Fsp3) is 0.600. The van der Waals surface area contributed by atoms with E-state index in [1.54, 1.807) is 32.4 Å². The number of ether oxygens (including phenoxy) is 2. The van der Waals surface area contributed by atoms with Gasteiger partial charge < -0.3 is 25.0 Å². The minimum atomic E-state index is -0.374. The molecule has 0 saturated carbocycles. The van der Waals surface area contributed by atoms with Gasteiger partial charge in [0, 0.05) is 30.4 Å². The van der Waals surface area contributed by atoms with E-state index < -0.39 is 0 Å². The van der Waals surface area contributed by atoms with Crippen LogP contribution in [-0.2, 0) is 9.59 Å². The van der Waals surface area contributed by atoms with Gasteiger partial charge in [-0.15, -0.1) is 0 Å². The quantitative estimate of drug-likeness (QED) is 0.686. The lowest BCUT2D eigenvalue weighted by Crippen LogP contribution is -3.14. The third-order valence-corrected chi connectivity index (χ3v) is 4.80. The number of likely N-dealkylation sites (tertiary alicyclic amines) is 1. The summed E-state index contributed by atoms with van der Waals surface area (Å²) in [6, 6.07) is 5.50. The van der Waals surface area contributed by atoms with Crippen LogP contribution in [0.2, 0.25) is 0 Å². The van der Waals surface area contributed by atoms with Crippen LogP contribution < -0.4 is 25.0 Å². The Morgan fingerprint density at radius 1 is 1.15 bits per heavy atom. The molecule has 0 aliphatic carbocycles. The summed E-state index contributed by atoms with van der Waals surface area (Å²) < 4.78 is 10.5.